The summed E-state index contributed by atoms with van der Waals surface area (Å²) in [6, 6.07) is 6.79. The van der Waals surface area contributed by atoms with Crippen LogP contribution in [0.1, 0.15) is 49.3 Å². The Kier molecular flexibility index (Phi) is 5.33. The molecule has 1 atom stereocenters. The van der Waals surface area contributed by atoms with Gasteiger partial charge in [0.05, 0.1) is 12.3 Å². The van der Waals surface area contributed by atoms with Crippen molar-refractivity contribution in [3.63, 3.8) is 0 Å². The lowest BCUT2D eigenvalue weighted by Gasteiger charge is -2.26. The van der Waals surface area contributed by atoms with Crippen molar-refractivity contribution in [2.24, 2.45) is 15.9 Å². The van der Waals surface area contributed by atoms with Gasteiger partial charge in [0.25, 0.3) is 0 Å². The molecule has 0 amide bonds. The van der Waals surface area contributed by atoms with Crippen LogP contribution in [-0.2, 0) is 12.8 Å². The predicted octanol–water partition coefficient (Wildman–Crippen LogP) is 4.68. The molecule has 3 aliphatic rings. The van der Waals surface area contributed by atoms with Crippen molar-refractivity contribution in [3.05, 3.63) is 53.2 Å². The van der Waals surface area contributed by atoms with Crippen LogP contribution in [0.2, 0.25) is 0 Å². The minimum atomic E-state index is 0.492. The molecule has 1 aliphatic carbocycles. The summed E-state index contributed by atoms with van der Waals surface area (Å²) in [7, 11) is 0. The summed E-state index contributed by atoms with van der Waals surface area (Å²) in [6.45, 7) is 5.30. The Morgan fingerprint density at radius 3 is 3.12 bits per heavy atom. The van der Waals surface area contributed by atoms with Gasteiger partial charge in [-0.25, -0.2) is 0 Å². The zero-order valence-electron chi connectivity index (χ0n) is 15.8. The van der Waals surface area contributed by atoms with Crippen LogP contribution < -0.4 is 0 Å². The highest BCUT2D eigenvalue weighted by Gasteiger charge is 2.28. The fraction of sp³-hybridized carbons (Fsp3) is 0.478. The molecule has 1 unspecified atom stereocenters. The summed E-state index contributed by atoms with van der Waals surface area (Å²) in [4.78, 5) is 12.0. The highest BCUT2D eigenvalue weighted by Crippen LogP contribution is 2.27. The molecule has 0 N–H and O–H groups in total. The van der Waals surface area contributed by atoms with Gasteiger partial charge in [-0.05, 0) is 55.2 Å². The number of fused-ring (bicyclic) bond motifs is 1. The first-order chi connectivity index (χ1) is 12.9. The number of hydrogen-bond donors (Lipinski definition) is 0. The number of aliphatic imine (C=N–C) groups is 2. The number of allylic oxidation sites excluding steroid dienone is 2. The molecule has 0 radical (unpaired) electrons. The Balaban J connectivity index is 1.49. The maximum Gasteiger partial charge on any atom is 0.146 e. The molecule has 0 bridgehead atoms. The van der Waals surface area contributed by atoms with Crippen LogP contribution in [0.5, 0.6) is 0 Å². The zero-order chi connectivity index (χ0) is 17.8. The smallest absolute Gasteiger partial charge is 0.146 e. The summed E-state index contributed by atoms with van der Waals surface area (Å²) < 4.78 is 0. The van der Waals surface area contributed by atoms with E-state index in [1.807, 2.05) is 6.20 Å². The van der Waals surface area contributed by atoms with Gasteiger partial charge in [-0.1, -0.05) is 43.4 Å². The SMILES string of the molecule is CCCN1CCN=C1C1=NC=CCC1CCc1cccc2c1CCC=C2. The van der Waals surface area contributed by atoms with Crippen LogP contribution in [-0.4, -0.2) is 36.1 Å². The lowest BCUT2D eigenvalue weighted by atomic mass is 9.86. The van der Waals surface area contributed by atoms with Crippen LogP contribution in [0.4, 0.5) is 0 Å². The average Bonchev–Trinajstić information content (AvgIpc) is 3.15. The van der Waals surface area contributed by atoms with E-state index in [0.717, 1.165) is 45.3 Å². The molecule has 0 saturated heterocycles. The molecular formula is C23H29N3. The van der Waals surface area contributed by atoms with E-state index < -0.39 is 0 Å². The van der Waals surface area contributed by atoms with Crippen molar-refractivity contribution < 1.29 is 0 Å². The number of amidine groups is 1. The molecule has 0 aromatic heterocycles. The molecule has 2 heterocycles. The summed E-state index contributed by atoms with van der Waals surface area (Å²) in [5, 5.41) is 0. The third-order valence-electron chi connectivity index (χ3n) is 5.71. The second kappa shape index (κ2) is 8.03. The number of nitrogens with zero attached hydrogens (tertiary/aromatic N) is 3. The van der Waals surface area contributed by atoms with E-state index in [1.54, 1.807) is 5.56 Å². The molecular weight excluding hydrogens is 318 g/mol. The van der Waals surface area contributed by atoms with Gasteiger partial charge in [0.1, 0.15) is 5.84 Å². The normalized spacial score (nSPS) is 21.6. The highest BCUT2D eigenvalue weighted by molar-refractivity contribution is 6.42. The minimum Gasteiger partial charge on any atom is -0.354 e. The number of benzene rings is 1. The first-order valence-electron chi connectivity index (χ1n) is 10.2. The van der Waals surface area contributed by atoms with Gasteiger partial charge in [-0.15, -0.1) is 0 Å². The Labute approximate surface area is 157 Å². The summed E-state index contributed by atoms with van der Waals surface area (Å²) >= 11 is 0. The second-order valence-corrected chi connectivity index (χ2v) is 7.49. The van der Waals surface area contributed by atoms with Crippen LogP contribution in [0.25, 0.3) is 6.08 Å². The quantitative estimate of drug-likeness (QED) is 0.734. The maximum absolute atomic E-state index is 4.80. The maximum atomic E-state index is 4.80. The molecule has 4 rings (SSSR count). The van der Waals surface area contributed by atoms with Gasteiger partial charge in [0.2, 0.25) is 0 Å². The third kappa shape index (κ3) is 3.53. The fourth-order valence-corrected chi connectivity index (χ4v) is 4.40. The third-order valence-corrected chi connectivity index (χ3v) is 5.71. The lowest BCUT2D eigenvalue weighted by Crippen LogP contribution is -2.38. The van der Waals surface area contributed by atoms with E-state index in [-0.39, 0.29) is 0 Å². The number of aryl methyl sites for hydroxylation is 1. The van der Waals surface area contributed by atoms with Gasteiger partial charge >= 0.3 is 0 Å². The van der Waals surface area contributed by atoms with Crippen molar-refractivity contribution in [2.45, 2.75) is 45.4 Å². The molecule has 3 nitrogen and oxygen atoms in total. The van der Waals surface area contributed by atoms with E-state index in [2.05, 4.69) is 48.3 Å². The van der Waals surface area contributed by atoms with Crippen LogP contribution in [0, 0.1) is 5.92 Å². The fourth-order valence-electron chi connectivity index (χ4n) is 4.40. The van der Waals surface area contributed by atoms with Gasteiger partial charge < -0.3 is 4.90 Å². The van der Waals surface area contributed by atoms with E-state index in [9.17, 15) is 0 Å². The second-order valence-electron chi connectivity index (χ2n) is 7.49. The van der Waals surface area contributed by atoms with Gasteiger partial charge in [0.15, 0.2) is 0 Å². The Morgan fingerprint density at radius 1 is 1.23 bits per heavy atom. The van der Waals surface area contributed by atoms with Crippen molar-refractivity contribution >= 4 is 17.6 Å². The van der Waals surface area contributed by atoms with E-state index in [4.69, 9.17) is 9.98 Å². The van der Waals surface area contributed by atoms with Crippen molar-refractivity contribution in [2.75, 3.05) is 19.6 Å². The van der Waals surface area contributed by atoms with E-state index in [0.29, 0.717) is 5.92 Å². The molecule has 3 heteroatoms. The number of rotatable bonds is 6. The first kappa shape index (κ1) is 17.3. The van der Waals surface area contributed by atoms with Gasteiger partial charge in [0, 0.05) is 25.2 Å². The lowest BCUT2D eigenvalue weighted by molar-refractivity contribution is 0.457. The largest absolute Gasteiger partial charge is 0.354 e. The van der Waals surface area contributed by atoms with Crippen molar-refractivity contribution in [1.82, 2.24) is 4.90 Å². The van der Waals surface area contributed by atoms with E-state index in [1.165, 1.54) is 35.5 Å². The Hall–Kier alpha value is -2.16. The zero-order valence-corrected chi connectivity index (χ0v) is 15.8. The molecule has 0 spiro atoms. The molecule has 1 aromatic rings. The first-order valence-corrected chi connectivity index (χ1v) is 10.2. The van der Waals surface area contributed by atoms with Gasteiger partial charge in [-0.3, -0.25) is 9.98 Å². The minimum absolute atomic E-state index is 0.492. The molecule has 0 saturated carbocycles. The highest BCUT2D eigenvalue weighted by atomic mass is 15.2. The molecule has 136 valence electrons. The molecule has 26 heavy (non-hydrogen) atoms. The predicted molar refractivity (Wildman–Crippen MR) is 111 cm³/mol. The van der Waals surface area contributed by atoms with Crippen molar-refractivity contribution in [1.29, 1.82) is 0 Å². The Bertz CT molecular complexity index is 770. The van der Waals surface area contributed by atoms with Crippen LogP contribution in [0.15, 0.2) is 46.5 Å². The monoisotopic (exact) mass is 347 g/mol. The summed E-state index contributed by atoms with van der Waals surface area (Å²) in [6.07, 6.45) is 15.7. The summed E-state index contributed by atoms with van der Waals surface area (Å²) in [5.41, 5.74) is 5.73. The van der Waals surface area contributed by atoms with Crippen LogP contribution >= 0.6 is 0 Å². The molecule has 2 aliphatic heterocycles. The molecule has 0 fully saturated rings. The Morgan fingerprint density at radius 2 is 2.19 bits per heavy atom. The topological polar surface area (TPSA) is 28.0 Å². The van der Waals surface area contributed by atoms with E-state index >= 15 is 0 Å². The molecule has 1 aromatic carbocycles. The number of hydrogen-bond acceptors (Lipinski definition) is 3. The van der Waals surface area contributed by atoms with Crippen LogP contribution in [0.3, 0.4) is 0 Å². The average molecular weight is 348 g/mol. The van der Waals surface area contributed by atoms with Gasteiger partial charge in [-0.2, -0.15) is 0 Å². The standard InChI is InChI=1S/C23H29N3/c1-2-16-26-17-15-25-23(26)22-20(10-6-14-24-22)13-12-19-9-5-8-18-7-3-4-11-21(18)19/h3,5-9,14,20H,2,4,10-13,15-17H2,1H3. The van der Waals surface area contributed by atoms with Crippen molar-refractivity contribution in [3.8, 4) is 0 Å². The summed E-state index contributed by atoms with van der Waals surface area (Å²) in [5.74, 6) is 1.66.